The van der Waals surface area contributed by atoms with E-state index in [1.54, 1.807) is 6.07 Å². The van der Waals surface area contributed by atoms with Crippen molar-refractivity contribution in [1.82, 2.24) is 14.6 Å². The molecular formula is C10H13N3O. The molecular weight excluding hydrogens is 178 g/mol. The van der Waals surface area contributed by atoms with Gasteiger partial charge in [0.05, 0.1) is 0 Å². The summed E-state index contributed by atoms with van der Waals surface area (Å²) in [7, 11) is 0. The standard InChI is InChI=1S/C10H13N3O/c1-6(2)10-11-8-4-7(3)5-9(14)13(8)12-10/h4-6H,1-3H3,(H,11,12). The lowest BCUT2D eigenvalue weighted by atomic mass is 10.2. The Kier molecular flexibility index (Phi) is 1.91. The van der Waals surface area contributed by atoms with Crippen molar-refractivity contribution in [1.29, 1.82) is 0 Å². The van der Waals surface area contributed by atoms with E-state index >= 15 is 0 Å². The largest absolute Gasteiger partial charge is 0.276 e. The smallest absolute Gasteiger partial charge is 0.271 e. The molecule has 0 spiro atoms. The summed E-state index contributed by atoms with van der Waals surface area (Å²) in [5, 5.41) is 2.98. The SMILES string of the molecule is Cc1cc(=O)n2[nH]c(C(C)C)nc2c1. The topological polar surface area (TPSA) is 50.2 Å². The van der Waals surface area contributed by atoms with Crippen LogP contribution in [-0.2, 0) is 0 Å². The highest BCUT2D eigenvalue weighted by Crippen LogP contribution is 2.09. The average Bonchev–Trinajstić information content (AvgIpc) is 2.47. The predicted molar refractivity (Wildman–Crippen MR) is 54.6 cm³/mol. The molecule has 1 N–H and O–H groups in total. The monoisotopic (exact) mass is 191 g/mol. The molecule has 0 atom stereocenters. The van der Waals surface area contributed by atoms with Crippen LogP contribution in [0.25, 0.3) is 5.65 Å². The number of aromatic nitrogens is 3. The minimum absolute atomic E-state index is 0.0561. The van der Waals surface area contributed by atoms with Crippen molar-refractivity contribution < 1.29 is 0 Å². The maximum Gasteiger partial charge on any atom is 0.271 e. The van der Waals surface area contributed by atoms with Gasteiger partial charge in [0, 0.05) is 12.0 Å². The third kappa shape index (κ3) is 1.32. The van der Waals surface area contributed by atoms with Crippen molar-refractivity contribution in [3.8, 4) is 0 Å². The molecule has 2 rings (SSSR count). The number of aromatic amines is 1. The Morgan fingerprint density at radius 2 is 2.14 bits per heavy atom. The molecule has 0 aliphatic carbocycles. The molecule has 0 bridgehead atoms. The summed E-state index contributed by atoms with van der Waals surface area (Å²) in [6.45, 7) is 5.97. The first kappa shape index (κ1) is 8.99. The van der Waals surface area contributed by atoms with Gasteiger partial charge in [0.15, 0.2) is 5.65 Å². The van der Waals surface area contributed by atoms with Gasteiger partial charge < -0.3 is 0 Å². The third-order valence-electron chi connectivity index (χ3n) is 2.17. The molecule has 0 saturated heterocycles. The van der Waals surface area contributed by atoms with Crippen molar-refractivity contribution in [2.75, 3.05) is 0 Å². The van der Waals surface area contributed by atoms with Crippen LogP contribution in [0, 0.1) is 6.92 Å². The molecule has 14 heavy (non-hydrogen) atoms. The van der Waals surface area contributed by atoms with Crippen LogP contribution < -0.4 is 5.56 Å². The van der Waals surface area contributed by atoms with Crippen LogP contribution in [0.5, 0.6) is 0 Å². The molecule has 0 aliphatic rings. The molecule has 4 nitrogen and oxygen atoms in total. The minimum atomic E-state index is -0.0561. The van der Waals surface area contributed by atoms with Gasteiger partial charge in [0.25, 0.3) is 5.56 Å². The van der Waals surface area contributed by atoms with Crippen molar-refractivity contribution in [2.24, 2.45) is 0 Å². The number of hydrogen-bond donors (Lipinski definition) is 1. The number of hydrogen-bond acceptors (Lipinski definition) is 2. The Balaban J connectivity index is 2.77. The van der Waals surface area contributed by atoms with Gasteiger partial charge >= 0.3 is 0 Å². The second-order valence-corrected chi connectivity index (χ2v) is 3.83. The van der Waals surface area contributed by atoms with Crippen molar-refractivity contribution in [3.63, 3.8) is 0 Å². The first-order valence-electron chi connectivity index (χ1n) is 4.67. The predicted octanol–water partition coefficient (Wildman–Crippen LogP) is 1.45. The molecule has 2 aromatic heterocycles. The van der Waals surface area contributed by atoms with E-state index < -0.39 is 0 Å². The highest BCUT2D eigenvalue weighted by Gasteiger charge is 2.07. The maximum absolute atomic E-state index is 11.5. The van der Waals surface area contributed by atoms with E-state index in [0.717, 1.165) is 11.4 Å². The summed E-state index contributed by atoms with van der Waals surface area (Å²) in [5.74, 6) is 1.14. The van der Waals surface area contributed by atoms with Gasteiger partial charge in [0.1, 0.15) is 5.82 Å². The number of rotatable bonds is 1. The van der Waals surface area contributed by atoms with Gasteiger partial charge in [-0.05, 0) is 18.6 Å². The van der Waals surface area contributed by atoms with Crippen LogP contribution in [-0.4, -0.2) is 14.6 Å². The van der Waals surface area contributed by atoms with Gasteiger partial charge in [0.2, 0.25) is 0 Å². The molecule has 0 aliphatic heterocycles. The molecule has 0 aromatic carbocycles. The van der Waals surface area contributed by atoms with Crippen LogP contribution in [0.1, 0.15) is 31.2 Å². The van der Waals surface area contributed by atoms with Crippen LogP contribution in [0.15, 0.2) is 16.9 Å². The van der Waals surface area contributed by atoms with Gasteiger partial charge in [-0.15, -0.1) is 0 Å². The van der Waals surface area contributed by atoms with E-state index in [0.29, 0.717) is 11.6 Å². The van der Waals surface area contributed by atoms with Gasteiger partial charge in [-0.2, -0.15) is 0 Å². The Hall–Kier alpha value is -1.58. The fraction of sp³-hybridized carbons (Fsp3) is 0.400. The van der Waals surface area contributed by atoms with Crippen molar-refractivity contribution in [3.05, 3.63) is 33.9 Å². The van der Waals surface area contributed by atoms with Crippen LogP contribution in [0.4, 0.5) is 0 Å². The first-order valence-corrected chi connectivity index (χ1v) is 4.67. The Morgan fingerprint density at radius 3 is 2.79 bits per heavy atom. The van der Waals surface area contributed by atoms with E-state index in [1.807, 2.05) is 26.8 Å². The highest BCUT2D eigenvalue weighted by atomic mass is 16.1. The molecule has 0 amide bonds. The molecule has 0 radical (unpaired) electrons. The normalized spacial score (nSPS) is 11.4. The molecule has 0 saturated carbocycles. The lowest BCUT2D eigenvalue weighted by molar-refractivity contribution is 0.759. The van der Waals surface area contributed by atoms with Crippen LogP contribution >= 0.6 is 0 Å². The van der Waals surface area contributed by atoms with E-state index in [-0.39, 0.29) is 5.56 Å². The van der Waals surface area contributed by atoms with Crippen LogP contribution in [0.2, 0.25) is 0 Å². The lowest BCUT2D eigenvalue weighted by Crippen LogP contribution is -2.12. The quantitative estimate of drug-likeness (QED) is 0.741. The number of aryl methyl sites for hydroxylation is 1. The molecule has 4 heteroatoms. The molecule has 0 unspecified atom stereocenters. The van der Waals surface area contributed by atoms with E-state index in [9.17, 15) is 4.79 Å². The Bertz CT molecular complexity index is 522. The fourth-order valence-electron chi connectivity index (χ4n) is 1.40. The second kappa shape index (κ2) is 2.97. The summed E-state index contributed by atoms with van der Waals surface area (Å²) >= 11 is 0. The zero-order valence-electron chi connectivity index (χ0n) is 8.53. The summed E-state index contributed by atoms with van der Waals surface area (Å²) in [6.07, 6.45) is 0. The summed E-state index contributed by atoms with van der Waals surface area (Å²) in [5.41, 5.74) is 1.58. The van der Waals surface area contributed by atoms with E-state index in [1.165, 1.54) is 4.52 Å². The summed E-state index contributed by atoms with van der Waals surface area (Å²) in [6, 6.07) is 3.49. The number of nitrogens with one attached hydrogen (secondary N) is 1. The average molecular weight is 191 g/mol. The van der Waals surface area contributed by atoms with E-state index in [4.69, 9.17) is 0 Å². The van der Waals surface area contributed by atoms with Crippen LogP contribution in [0.3, 0.4) is 0 Å². The molecule has 0 fully saturated rings. The fourth-order valence-corrected chi connectivity index (χ4v) is 1.40. The third-order valence-corrected chi connectivity index (χ3v) is 2.17. The summed E-state index contributed by atoms with van der Waals surface area (Å²) in [4.78, 5) is 15.9. The molecule has 2 aromatic rings. The Labute approximate surface area is 81.6 Å². The van der Waals surface area contributed by atoms with Gasteiger partial charge in [-0.3, -0.25) is 9.89 Å². The first-order chi connectivity index (χ1) is 6.58. The highest BCUT2D eigenvalue weighted by molar-refractivity contribution is 5.40. The van der Waals surface area contributed by atoms with E-state index in [2.05, 4.69) is 10.1 Å². The number of fused-ring (bicyclic) bond motifs is 1. The molecule has 2 heterocycles. The maximum atomic E-state index is 11.5. The Morgan fingerprint density at radius 1 is 1.43 bits per heavy atom. The van der Waals surface area contributed by atoms with Crippen molar-refractivity contribution in [2.45, 2.75) is 26.7 Å². The second-order valence-electron chi connectivity index (χ2n) is 3.83. The van der Waals surface area contributed by atoms with Crippen molar-refractivity contribution >= 4 is 5.65 Å². The number of H-pyrrole nitrogens is 1. The summed E-state index contributed by atoms with van der Waals surface area (Å²) < 4.78 is 1.47. The number of pyridine rings is 1. The number of nitrogens with zero attached hydrogens (tertiary/aromatic N) is 2. The minimum Gasteiger partial charge on any atom is -0.276 e. The zero-order valence-corrected chi connectivity index (χ0v) is 8.53. The lowest BCUT2D eigenvalue weighted by Gasteiger charge is -1.95. The van der Waals surface area contributed by atoms with Gasteiger partial charge in [-0.25, -0.2) is 9.50 Å². The molecule has 74 valence electrons. The zero-order chi connectivity index (χ0) is 10.3. The van der Waals surface area contributed by atoms with Gasteiger partial charge in [-0.1, -0.05) is 13.8 Å².